The van der Waals surface area contributed by atoms with Crippen LogP contribution in [0.1, 0.15) is 32.0 Å². The molecule has 0 aliphatic heterocycles. The summed E-state index contributed by atoms with van der Waals surface area (Å²) in [5.41, 5.74) is 1.15. The molecule has 0 aliphatic rings. The molecule has 1 heterocycles. The van der Waals surface area contributed by atoms with Crippen LogP contribution in [0.4, 0.5) is 0 Å². The number of nitrogens with zero attached hydrogens (tertiary/aromatic N) is 2. The molecular formula is C11H20BrN3O. The van der Waals surface area contributed by atoms with Crippen molar-refractivity contribution < 1.29 is 4.74 Å². The van der Waals surface area contributed by atoms with E-state index in [9.17, 15) is 0 Å². The second kappa shape index (κ2) is 6.37. The van der Waals surface area contributed by atoms with Gasteiger partial charge in [-0.15, -0.1) is 0 Å². The molecule has 1 aromatic rings. The highest BCUT2D eigenvalue weighted by atomic mass is 79.9. The number of nitrogens with one attached hydrogen (secondary N) is 1. The number of likely N-dealkylation sites (N-methyl/N-ethyl adjacent to an activating group) is 1. The summed E-state index contributed by atoms with van der Waals surface area (Å²) in [7, 11) is 3.67. The van der Waals surface area contributed by atoms with Crippen LogP contribution in [0.15, 0.2) is 10.7 Å². The van der Waals surface area contributed by atoms with Crippen LogP contribution in [-0.2, 0) is 11.3 Å². The summed E-state index contributed by atoms with van der Waals surface area (Å²) in [6.45, 7) is 5.12. The minimum atomic E-state index is 0.105. The molecule has 2 unspecified atom stereocenters. The molecule has 4 nitrogen and oxygen atoms in total. The van der Waals surface area contributed by atoms with Crippen LogP contribution >= 0.6 is 15.9 Å². The largest absolute Gasteiger partial charge is 0.380 e. The summed E-state index contributed by atoms with van der Waals surface area (Å²) in [5.74, 6) is 0. The Morgan fingerprint density at radius 3 is 2.81 bits per heavy atom. The van der Waals surface area contributed by atoms with Gasteiger partial charge in [-0.1, -0.05) is 6.92 Å². The highest BCUT2D eigenvalue weighted by Crippen LogP contribution is 2.26. The van der Waals surface area contributed by atoms with E-state index < -0.39 is 0 Å². The van der Waals surface area contributed by atoms with E-state index in [1.54, 1.807) is 7.11 Å². The highest BCUT2D eigenvalue weighted by Gasteiger charge is 2.23. The maximum atomic E-state index is 5.39. The Balaban J connectivity index is 3.02. The van der Waals surface area contributed by atoms with Crippen molar-refractivity contribution in [1.29, 1.82) is 0 Å². The lowest BCUT2D eigenvalue weighted by Crippen LogP contribution is -2.31. The predicted molar refractivity (Wildman–Crippen MR) is 68.5 cm³/mol. The van der Waals surface area contributed by atoms with E-state index in [4.69, 9.17) is 4.74 Å². The molecule has 0 fully saturated rings. The minimum Gasteiger partial charge on any atom is -0.380 e. The average molecular weight is 290 g/mol. The van der Waals surface area contributed by atoms with Crippen molar-refractivity contribution in [2.45, 2.75) is 39.0 Å². The van der Waals surface area contributed by atoms with Gasteiger partial charge in [0.05, 0.1) is 28.5 Å². The van der Waals surface area contributed by atoms with E-state index in [0.717, 1.165) is 23.1 Å². The molecule has 1 aromatic heterocycles. The number of methoxy groups -OCH3 is 1. The van der Waals surface area contributed by atoms with Gasteiger partial charge in [0, 0.05) is 13.7 Å². The molecule has 16 heavy (non-hydrogen) atoms. The molecule has 1 rings (SSSR count). The normalized spacial score (nSPS) is 15.1. The maximum absolute atomic E-state index is 5.39. The third-order valence-electron chi connectivity index (χ3n) is 2.72. The zero-order chi connectivity index (χ0) is 12.1. The molecular weight excluding hydrogens is 270 g/mol. The van der Waals surface area contributed by atoms with Gasteiger partial charge in [0.15, 0.2) is 0 Å². The Morgan fingerprint density at radius 2 is 2.31 bits per heavy atom. The van der Waals surface area contributed by atoms with Crippen LogP contribution in [-0.4, -0.2) is 30.0 Å². The third-order valence-corrected chi connectivity index (χ3v) is 3.33. The van der Waals surface area contributed by atoms with Crippen molar-refractivity contribution in [2.75, 3.05) is 14.2 Å². The van der Waals surface area contributed by atoms with E-state index in [2.05, 4.69) is 40.2 Å². The van der Waals surface area contributed by atoms with Crippen LogP contribution < -0.4 is 5.32 Å². The van der Waals surface area contributed by atoms with Crippen molar-refractivity contribution >= 4 is 15.9 Å². The van der Waals surface area contributed by atoms with Gasteiger partial charge in [-0.25, -0.2) is 0 Å². The maximum Gasteiger partial charge on any atom is 0.0764 e. The Kier molecular flexibility index (Phi) is 5.44. The number of rotatable bonds is 6. The molecule has 0 aliphatic carbocycles. The second-order valence-corrected chi connectivity index (χ2v) is 4.66. The van der Waals surface area contributed by atoms with E-state index in [1.165, 1.54) is 0 Å². The van der Waals surface area contributed by atoms with Crippen molar-refractivity contribution in [2.24, 2.45) is 0 Å². The first kappa shape index (κ1) is 13.7. The fraction of sp³-hybridized carbons (Fsp3) is 0.727. The zero-order valence-corrected chi connectivity index (χ0v) is 11.9. The molecule has 1 N–H and O–H groups in total. The SMILES string of the molecule is CCCn1ncc(Br)c1C(NC)C(C)OC. The van der Waals surface area contributed by atoms with Gasteiger partial charge < -0.3 is 10.1 Å². The van der Waals surface area contributed by atoms with Gasteiger partial charge in [-0.3, -0.25) is 4.68 Å². The van der Waals surface area contributed by atoms with E-state index in [1.807, 2.05) is 17.9 Å². The van der Waals surface area contributed by atoms with Gasteiger partial charge >= 0.3 is 0 Å². The Labute approximate surface area is 105 Å². The minimum absolute atomic E-state index is 0.105. The fourth-order valence-corrected chi connectivity index (χ4v) is 2.34. The number of ether oxygens (including phenoxy) is 1. The first-order valence-corrected chi connectivity index (χ1v) is 6.36. The molecule has 0 aromatic carbocycles. The first-order valence-electron chi connectivity index (χ1n) is 5.56. The van der Waals surface area contributed by atoms with Crippen LogP contribution in [0.2, 0.25) is 0 Å². The highest BCUT2D eigenvalue weighted by molar-refractivity contribution is 9.10. The summed E-state index contributed by atoms with van der Waals surface area (Å²) < 4.78 is 8.45. The monoisotopic (exact) mass is 289 g/mol. The molecule has 2 atom stereocenters. The van der Waals surface area contributed by atoms with Crippen molar-refractivity contribution in [3.8, 4) is 0 Å². The summed E-state index contributed by atoms with van der Waals surface area (Å²) in [6, 6.07) is 0.147. The summed E-state index contributed by atoms with van der Waals surface area (Å²) in [4.78, 5) is 0. The molecule has 0 bridgehead atoms. The van der Waals surface area contributed by atoms with Crippen LogP contribution in [0.5, 0.6) is 0 Å². The standard InChI is InChI=1S/C11H20BrN3O/c1-5-6-15-11(9(12)7-14-15)10(13-3)8(2)16-4/h7-8,10,13H,5-6H2,1-4H3. The van der Waals surface area contributed by atoms with Gasteiger partial charge in [-0.2, -0.15) is 5.10 Å². The lowest BCUT2D eigenvalue weighted by molar-refractivity contribution is 0.0824. The molecule has 0 radical (unpaired) electrons. The summed E-state index contributed by atoms with van der Waals surface area (Å²) >= 11 is 3.55. The molecule has 0 saturated heterocycles. The second-order valence-electron chi connectivity index (χ2n) is 3.81. The predicted octanol–water partition coefficient (Wildman–Crippen LogP) is 2.35. The van der Waals surface area contributed by atoms with Crippen molar-refractivity contribution in [1.82, 2.24) is 15.1 Å². The van der Waals surface area contributed by atoms with Crippen LogP contribution in [0.3, 0.4) is 0 Å². The van der Waals surface area contributed by atoms with Gasteiger partial charge in [0.2, 0.25) is 0 Å². The lowest BCUT2D eigenvalue weighted by Gasteiger charge is -2.23. The van der Waals surface area contributed by atoms with E-state index in [-0.39, 0.29) is 12.1 Å². The van der Waals surface area contributed by atoms with Crippen LogP contribution in [0.25, 0.3) is 0 Å². The smallest absolute Gasteiger partial charge is 0.0764 e. The number of aromatic nitrogens is 2. The molecule has 0 saturated carbocycles. The van der Waals surface area contributed by atoms with E-state index >= 15 is 0 Å². The zero-order valence-electron chi connectivity index (χ0n) is 10.3. The molecule has 92 valence electrons. The molecule has 5 heteroatoms. The number of hydrogen-bond acceptors (Lipinski definition) is 3. The van der Waals surface area contributed by atoms with E-state index in [0.29, 0.717) is 0 Å². The number of aryl methyl sites for hydroxylation is 1. The summed E-state index contributed by atoms with van der Waals surface area (Å²) in [5, 5.41) is 7.64. The quantitative estimate of drug-likeness (QED) is 0.874. The van der Waals surface area contributed by atoms with Gasteiger partial charge in [-0.05, 0) is 36.3 Å². The average Bonchev–Trinajstić information content (AvgIpc) is 2.63. The Hall–Kier alpha value is -0.390. The number of halogens is 1. The van der Waals surface area contributed by atoms with Crippen molar-refractivity contribution in [3.63, 3.8) is 0 Å². The van der Waals surface area contributed by atoms with Gasteiger partial charge in [0.1, 0.15) is 0 Å². The Morgan fingerprint density at radius 1 is 1.62 bits per heavy atom. The first-order chi connectivity index (χ1) is 7.65. The number of hydrogen-bond donors (Lipinski definition) is 1. The Bertz CT molecular complexity index is 327. The topological polar surface area (TPSA) is 39.1 Å². The van der Waals surface area contributed by atoms with Crippen molar-refractivity contribution in [3.05, 3.63) is 16.4 Å². The van der Waals surface area contributed by atoms with Gasteiger partial charge in [0.25, 0.3) is 0 Å². The summed E-state index contributed by atoms with van der Waals surface area (Å²) in [6.07, 6.45) is 3.02. The molecule has 0 spiro atoms. The third kappa shape index (κ3) is 2.84. The van der Waals surface area contributed by atoms with Crippen LogP contribution in [0, 0.1) is 0 Å². The molecule has 0 amide bonds. The lowest BCUT2D eigenvalue weighted by atomic mass is 10.1. The fourth-order valence-electron chi connectivity index (χ4n) is 1.80.